The summed E-state index contributed by atoms with van der Waals surface area (Å²) >= 11 is 1.65. The number of para-hydroxylation sites is 1. The van der Waals surface area contributed by atoms with E-state index in [1.54, 1.807) is 31.0 Å². The molecular weight excluding hydrogens is 313 g/mol. The highest BCUT2D eigenvalue weighted by molar-refractivity contribution is 7.99. The quantitative estimate of drug-likeness (QED) is 0.846. The summed E-state index contributed by atoms with van der Waals surface area (Å²) in [5.74, 6) is 0.597. The Morgan fingerprint density at radius 2 is 2.13 bits per heavy atom. The Morgan fingerprint density at radius 3 is 2.87 bits per heavy atom. The van der Waals surface area contributed by atoms with Gasteiger partial charge < -0.3 is 14.8 Å². The summed E-state index contributed by atoms with van der Waals surface area (Å²) in [4.78, 5) is 1.03. The Labute approximate surface area is 140 Å². The van der Waals surface area contributed by atoms with Crippen LogP contribution in [0.2, 0.25) is 0 Å². The number of thioether (sulfide) groups is 1. The fourth-order valence-electron chi connectivity index (χ4n) is 2.68. The summed E-state index contributed by atoms with van der Waals surface area (Å²) < 4.78 is 25.1. The molecule has 0 bridgehead atoms. The van der Waals surface area contributed by atoms with Crippen LogP contribution in [-0.4, -0.2) is 32.9 Å². The van der Waals surface area contributed by atoms with Gasteiger partial charge in [-0.2, -0.15) is 0 Å². The van der Waals surface area contributed by atoms with Crippen LogP contribution in [-0.2, 0) is 4.74 Å². The molecular formula is C18H20FNO2S. The van der Waals surface area contributed by atoms with Gasteiger partial charge in [0, 0.05) is 13.1 Å². The van der Waals surface area contributed by atoms with E-state index in [4.69, 9.17) is 9.47 Å². The summed E-state index contributed by atoms with van der Waals surface area (Å²) in [6, 6.07) is 14.6. The van der Waals surface area contributed by atoms with Crippen LogP contribution in [0, 0.1) is 5.82 Å². The minimum absolute atomic E-state index is 0.00481. The molecule has 2 atom stereocenters. The van der Waals surface area contributed by atoms with Crippen molar-refractivity contribution in [1.82, 2.24) is 5.32 Å². The fraction of sp³-hybridized carbons (Fsp3) is 0.333. The second-order valence-electron chi connectivity index (χ2n) is 5.36. The van der Waals surface area contributed by atoms with Crippen LogP contribution in [0.4, 0.5) is 4.39 Å². The Hall–Kier alpha value is -1.56. The summed E-state index contributed by atoms with van der Waals surface area (Å²) in [6.45, 7) is 2.28. The maximum absolute atomic E-state index is 13.7. The molecule has 2 aromatic carbocycles. The summed E-state index contributed by atoms with van der Waals surface area (Å²) in [5.41, 5.74) is 0.926. The lowest BCUT2D eigenvalue weighted by Crippen LogP contribution is -2.41. The number of hydrogen-bond donors (Lipinski definition) is 1. The van der Waals surface area contributed by atoms with E-state index in [9.17, 15) is 4.39 Å². The van der Waals surface area contributed by atoms with Crippen molar-refractivity contribution in [3.63, 3.8) is 0 Å². The fourth-order valence-corrected chi connectivity index (χ4v) is 3.98. The van der Waals surface area contributed by atoms with E-state index in [1.165, 1.54) is 6.07 Å². The van der Waals surface area contributed by atoms with Crippen molar-refractivity contribution in [3.05, 3.63) is 59.9 Å². The Kier molecular flexibility index (Phi) is 5.54. The lowest BCUT2D eigenvalue weighted by Gasteiger charge is -2.31. The maximum Gasteiger partial charge on any atom is 0.132 e. The van der Waals surface area contributed by atoms with Crippen LogP contribution in [0.25, 0.3) is 0 Å². The first kappa shape index (κ1) is 16.3. The Bertz CT molecular complexity index is 646. The van der Waals surface area contributed by atoms with Gasteiger partial charge in [0.2, 0.25) is 0 Å². The molecule has 1 aliphatic heterocycles. The third kappa shape index (κ3) is 4.05. The predicted octanol–water partition coefficient (Wildman–Crippen LogP) is 3.66. The number of methoxy groups -OCH3 is 1. The normalized spacial score (nSPS) is 19.3. The molecule has 5 heteroatoms. The van der Waals surface area contributed by atoms with Gasteiger partial charge in [0.05, 0.1) is 30.0 Å². The SMILES string of the molecule is COc1ccccc1SC(c1cccc(F)c1)[C@H]1CNCCO1. The van der Waals surface area contributed by atoms with E-state index in [-0.39, 0.29) is 17.2 Å². The Balaban J connectivity index is 1.91. The monoisotopic (exact) mass is 333 g/mol. The van der Waals surface area contributed by atoms with E-state index in [2.05, 4.69) is 5.32 Å². The van der Waals surface area contributed by atoms with Gasteiger partial charge in [-0.05, 0) is 29.8 Å². The zero-order chi connectivity index (χ0) is 16.1. The lowest BCUT2D eigenvalue weighted by molar-refractivity contribution is 0.0273. The summed E-state index contributed by atoms with van der Waals surface area (Å²) in [6.07, 6.45) is -0.0135. The highest BCUT2D eigenvalue weighted by Gasteiger charge is 2.28. The molecule has 0 aliphatic carbocycles. The maximum atomic E-state index is 13.7. The van der Waals surface area contributed by atoms with Crippen molar-refractivity contribution in [3.8, 4) is 5.75 Å². The second kappa shape index (κ2) is 7.81. The zero-order valence-corrected chi connectivity index (χ0v) is 13.8. The molecule has 1 unspecified atom stereocenters. The average molecular weight is 333 g/mol. The molecule has 1 N–H and O–H groups in total. The molecule has 3 nitrogen and oxygen atoms in total. The van der Waals surface area contributed by atoms with E-state index in [0.717, 1.165) is 29.3 Å². The standard InChI is InChI=1S/C18H20FNO2S/c1-21-15-7-2-3-8-17(15)23-18(16-12-20-9-10-22-16)13-5-4-6-14(19)11-13/h2-8,11,16,18,20H,9-10,12H2,1H3/t16-,18?/m1/s1. The molecule has 23 heavy (non-hydrogen) atoms. The summed E-state index contributed by atoms with van der Waals surface area (Å²) in [5, 5.41) is 3.35. The van der Waals surface area contributed by atoms with Crippen LogP contribution in [0.1, 0.15) is 10.8 Å². The summed E-state index contributed by atoms with van der Waals surface area (Å²) in [7, 11) is 1.66. The molecule has 0 spiro atoms. The topological polar surface area (TPSA) is 30.5 Å². The highest BCUT2D eigenvalue weighted by atomic mass is 32.2. The van der Waals surface area contributed by atoms with Gasteiger partial charge in [0.25, 0.3) is 0 Å². The van der Waals surface area contributed by atoms with Gasteiger partial charge >= 0.3 is 0 Å². The smallest absolute Gasteiger partial charge is 0.132 e. The van der Waals surface area contributed by atoms with Crippen molar-refractivity contribution in [2.75, 3.05) is 26.8 Å². The number of morpholine rings is 1. The molecule has 0 aromatic heterocycles. The van der Waals surface area contributed by atoms with E-state index < -0.39 is 0 Å². The van der Waals surface area contributed by atoms with Crippen molar-refractivity contribution in [1.29, 1.82) is 0 Å². The Morgan fingerprint density at radius 1 is 1.26 bits per heavy atom. The number of ether oxygens (including phenoxy) is 2. The molecule has 122 valence electrons. The molecule has 1 aliphatic rings. The number of nitrogens with one attached hydrogen (secondary N) is 1. The van der Waals surface area contributed by atoms with Crippen LogP contribution >= 0.6 is 11.8 Å². The molecule has 0 radical (unpaired) electrons. The lowest BCUT2D eigenvalue weighted by atomic mass is 10.1. The van der Waals surface area contributed by atoms with E-state index >= 15 is 0 Å². The van der Waals surface area contributed by atoms with Gasteiger partial charge in [-0.15, -0.1) is 11.8 Å². The highest BCUT2D eigenvalue weighted by Crippen LogP contribution is 2.43. The van der Waals surface area contributed by atoms with Gasteiger partial charge in [0.15, 0.2) is 0 Å². The van der Waals surface area contributed by atoms with E-state index in [1.807, 2.05) is 30.3 Å². The van der Waals surface area contributed by atoms with Gasteiger partial charge in [-0.25, -0.2) is 4.39 Å². The minimum atomic E-state index is -0.225. The number of benzene rings is 2. The van der Waals surface area contributed by atoms with Crippen LogP contribution in [0.15, 0.2) is 53.4 Å². The second-order valence-corrected chi connectivity index (χ2v) is 6.54. The first-order chi connectivity index (χ1) is 11.3. The first-order valence-corrected chi connectivity index (χ1v) is 8.53. The minimum Gasteiger partial charge on any atom is -0.496 e. The number of halogens is 1. The predicted molar refractivity (Wildman–Crippen MR) is 90.6 cm³/mol. The number of hydrogen-bond acceptors (Lipinski definition) is 4. The van der Waals surface area contributed by atoms with E-state index in [0.29, 0.717) is 6.61 Å². The van der Waals surface area contributed by atoms with Crippen molar-refractivity contribution < 1.29 is 13.9 Å². The van der Waals surface area contributed by atoms with Crippen LogP contribution in [0.3, 0.4) is 0 Å². The van der Waals surface area contributed by atoms with Gasteiger partial charge in [-0.3, -0.25) is 0 Å². The van der Waals surface area contributed by atoms with Crippen molar-refractivity contribution >= 4 is 11.8 Å². The molecule has 3 rings (SSSR count). The van der Waals surface area contributed by atoms with Crippen molar-refractivity contribution in [2.45, 2.75) is 16.2 Å². The number of rotatable bonds is 5. The average Bonchev–Trinajstić information content (AvgIpc) is 2.60. The third-order valence-corrected chi connectivity index (χ3v) is 5.22. The largest absolute Gasteiger partial charge is 0.496 e. The molecule has 1 heterocycles. The van der Waals surface area contributed by atoms with Crippen LogP contribution < -0.4 is 10.1 Å². The van der Waals surface area contributed by atoms with Crippen molar-refractivity contribution in [2.24, 2.45) is 0 Å². The molecule has 1 fully saturated rings. The first-order valence-electron chi connectivity index (χ1n) is 7.65. The molecule has 1 saturated heterocycles. The van der Waals surface area contributed by atoms with Crippen LogP contribution in [0.5, 0.6) is 5.75 Å². The van der Waals surface area contributed by atoms with Gasteiger partial charge in [0.1, 0.15) is 11.6 Å². The molecule has 0 saturated carbocycles. The molecule has 0 amide bonds. The molecule has 2 aromatic rings. The third-order valence-electron chi connectivity index (χ3n) is 3.79. The zero-order valence-electron chi connectivity index (χ0n) is 13.0. The van der Waals surface area contributed by atoms with Gasteiger partial charge in [-0.1, -0.05) is 24.3 Å².